The Morgan fingerprint density at radius 3 is 2.48 bits per heavy atom. The fraction of sp³-hybridized carbons (Fsp3) is 0.500. The van der Waals surface area contributed by atoms with Crippen LogP contribution in [0.25, 0.3) is 0 Å². The topological polar surface area (TPSA) is 87.7 Å². The zero-order valence-electron chi connectivity index (χ0n) is 14.9. The number of rotatable bonds is 4. The summed E-state index contributed by atoms with van der Waals surface area (Å²) >= 11 is 0. The first kappa shape index (κ1) is 18.8. The molecule has 2 N–H and O–H groups in total. The molecule has 3 amide bonds. The van der Waals surface area contributed by atoms with Gasteiger partial charge >= 0.3 is 11.8 Å². The van der Waals surface area contributed by atoms with Crippen LogP contribution >= 0.6 is 0 Å². The van der Waals surface area contributed by atoms with E-state index in [2.05, 4.69) is 10.6 Å². The maximum Gasteiger partial charge on any atom is 0.313 e. The van der Waals surface area contributed by atoms with Gasteiger partial charge in [0.05, 0.1) is 7.11 Å². The van der Waals surface area contributed by atoms with Crippen LogP contribution in [0.5, 0.6) is 5.75 Å². The fourth-order valence-corrected chi connectivity index (χ4v) is 2.65. The van der Waals surface area contributed by atoms with E-state index in [1.165, 1.54) is 4.90 Å². The summed E-state index contributed by atoms with van der Waals surface area (Å²) in [6.07, 6.45) is 1.56. The van der Waals surface area contributed by atoms with E-state index in [-0.39, 0.29) is 17.9 Å². The van der Waals surface area contributed by atoms with E-state index in [4.69, 9.17) is 4.74 Å². The van der Waals surface area contributed by atoms with Gasteiger partial charge in [-0.1, -0.05) is 13.8 Å². The van der Waals surface area contributed by atoms with Crippen molar-refractivity contribution in [2.24, 2.45) is 5.92 Å². The third-order valence-electron chi connectivity index (χ3n) is 4.12. The van der Waals surface area contributed by atoms with Gasteiger partial charge in [0.25, 0.3) is 0 Å². The van der Waals surface area contributed by atoms with Crippen LogP contribution in [-0.4, -0.2) is 48.9 Å². The highest BCUT2D eigenvalue weighted by molar-refractivity contribution is 6.39. The minimum absolute atomic E-state index is 0.0398. The molecule has 0 unspecified atom stereocenters. The molecule has 1 saturated heterocycles. The summed E-state index contributed by atoms with van der Waals surface area (Å²) in [7, 11) is 1.56. The molecule has 1 aliphatic heterocycles. The fourth-order valence-electron chi connectivity index (χ4n) is 2.65. The van der Waals surface area contributed by atoms with E-state index in [1.54, 1.807) is 31.4 Å². The highest BCUT2D eigenvalue weighted by atomic mass is 16.5. The van der Waals surface area contributed by atoms with Gasteiger partial charge in [-0.2, -0.15) is 0 Å². The van der Waals surface area contributed by atoms with E-state index in [9.17, 15) is 14.4 Å². The van der Waals surface area contributed by atoms with Gasteiger partial charge in [0.1, 0.15) is 5.75 Å². The minimum atomic E-state index is -0.680. The number of hydrogen-bond acceptors (Lipinski definition) is 4. The van der Waals surface area contributed by atoms with Crippen molar-refractivity contribution in [2.75, 3.05) is 25.5 Å². The maximum absolute atomic E-state index is 12.4. The first-order valence-corrected chi connectivity index (χ1v) is 8.45. The van der Waals surface area contributed by atoms with Crippen molar-refractivity contribution in [2.45, 2.75) is 32.7 Å². The van der Waals surface area contributed by atoms with E-state index in [0.717, 1.165) is 12.8 Å². The largest absolute Gasteiger partial charge is 0.497 e. The molecule has 0 bridgehead atoms. The Kier molecular flexibility index (Phi) is 6.38. The summed E-state index contributed by atoms with van der Waals surface area (Å²) in [4.78, 5) is 37.9. The summed E-state index contributed by atoms with van der Waals surface area (Å²) in [5.41, 5.74) is 0.529. The molecule has 1 fully saturated rings. The van der Waals surface area contributed by atoms with Gasteiger partial charge in [-0.25, -0.2) is 0 Å². The third-order valence-corrected chi connectivity index (χ3v) is 4.12. The molecule has 0 radical (unpaired) electrons. The molecular weight excluding hydrogens is 322 g/mol. The van der Waals surface area contributed by atoms with Crippen LogP contribution in [0, 0.1) is 5.92 Å². The van der Waals surface area contributed by atoms with Gasteiger partial charge in [-0.15, -0.1) is 0 Å². The Morgan fingerprint density at radius 1 is 1.20 bits per heavy atom. The van der Waals surface area contributed by atoms with E-state index < -0.39 is 11.8 Å². The molecule has 1 aromatic rings. The van der Waals surface area contributed by atoms with E-state index in [1.807, 2.05) is 13.8 Å². The molecule has 0 aliphatic carbocycles. The van der Waals surface area contributed by atoms with Gasteiger partial charge in [-0.3, -0.25) is 14.4 Å². The molecule has 0 aromatic heterocycles. The molecule has 7 nitrogen and oxygen atoms in total. The lowest BCUT2D eigenvalue weighted by molar-refractivity contribution is -0.144. The number of carbonyl (C=O) groups excluding carboxylic acids is 3. The highest BCUT2D eigenvalue weighted by Crippen LogP contribution is 2.16. The van der Waals surface area contributed by atoms with Gasteiger partial charge in [-0.05, 0) is 37.1 Å². The van der Waals surface area contributed by atoms with Gasteiger partial charge in [0, 0.05) is 30.7 Å². The monoisotopic (exact) mass is 347 g/mol. The van der Waals surface area contributed by atoms with Crippen LogP contribution in [0.1, 0.15) is 26.7 Å². The van der Waals surface area contributed by atoms with Crippen molar-refractivity contribution < 1.29 is 19.1 Å². The Bertz CT molecular complexity index is 628. The number of amides is 3. The number of benzene rings is 1. The quantitative estimate of drug-likeness (QED) is 0.806. The summed E-state index contributed by atoms with van der Waals surface area (Å²) in [5, 5.41) is 5.52. The van der Waals surface area contributed by atoms with Crippen molar-refractivity contribution >= 4 is 23.4 Å². The first-order valence-electron chi connectivity index (χ1n) is 8.45. The lowest BCUT2D eigenvalue weighted by atomic mass is 10.0. The second-order valence-electron chi connectivity index (χ2n) is 6.44. The van der Waals surface area contributed by atoms with Gasteiger partial charge < -0.3 is 20.3 Å². The Hall–Kier alpha value is -2.57. The van der Waals surface area contributed by atoms with Crippen LogP contribution in [0.4, 0.5) is 5.69 Å². The Morgan fingerprint density at radius 2 is 1.88 bits per heavy atom. The lowest BCUT2D eigenvalue weighted by Crippen LogP contribution is -2.52. The van der Waals surface area contributed by atoms with Crippen molar-refractivity contribution in [1.82, 2.24) is 10.2 Å². The smallest absolute Gasteiger partial charge is 0.313 e. The summed E-state index contributed by atoms with van der Waals surface area (Å²) < 4.78 is 5.05. The number of nitrogens with zero attached hydrogens (tertiary/aromatic N) is 1. The molecule has 136 valence electrons. The second kappa shape index (κ2) is 8.50. The minimum Gasteiger partial charge on any atom is -0.497 e. The number of likely N-dealkylation sites (tertiary alicyclic amines) is 1. The van der Waals surface area contributed by atoms with Crippen molar-refractivity contribution in [3.05, 3.63) is 24.3 Å². The van der Waals surface area contributed by atoms with Crippen LogP contribution in [0.15, 0.2) is 24.3 Å². The number of piperidine rings is 1. The molecule has 0 saturated carbocycles. The Balaban J connectivity index is 1.91. The van der Waals surface area contributed by atoms with Crippen LogP contribution in [-0.2, 0) is 14.4 Å². The van der Waals surface area contributed by atoms with Crippen LogP contribution in [0.3, 0.4) is 0 Å². The standard InChI is InChI=1S/C18H25N3O4/c1-12(2)16(22)20-14-5-4-10-21(11-14)18(24)17(23)19-13-6-8-15(25-3)9-7-13/h6-9,12,14H,4-5,10-11H2,1-3H3,(H,19,23)(H,20,22)/t14-/m1/s1. The Labute approximate surface area is 147 Å². The number of methoxy groups -OCH3 is 1. The summed E-state index contributed by atoms with van der Waals surface area (Å²) in [6.45, 7) is 4.52. The van der Waals surface area contributed by atoms with Crippen LogP contribution in [0.2, 0.25) is 0 Å². The molecule has 0 spiro atoms. The van der Waals surface area contributed by atoms with Gasteiger partial charge in [0.15, 0.2) is 0 Å². The molecule has 1 heterocycles. The number of hydrogen-bond donors (Lipinski definition) is 2. The van der Waals surface area contributed by atoms with Gasteiger partial charge in [0.2, 0.25) is 5.91 Å². The average molecular weight is 347 g/mol. The second-order valence-corrected chi connectivity index (χ2v) is 6.44. The molecule has 2 rings (SSSR count). The summed E-state index contributed by atoms with van der Waals surface area (Å²) in [5.74, 6) is -0.740. The zero-order valence-corrected chi connectivity index (χ0v) is 14.9. The third kappa shape index (κ3) is 5.20. The normalized spacial score (nSPS) is 17.1. The molecule has 7 heteroatoms. The molecule has 1 aliphatic rings. The van der Waals surface area contributed by atoms with Crippen molar-refractivity contribution in [3.8, 4) is 5.75 Å². The average Bonchev–Trinajstić information content (AvgIpc) is 2.61. The van der Waals surface area contributed by atoms with Crippen molar-refractivity contribution in [3.63, 3.8) is 0 Å². The number of anilines is 1. The molecule has 1 aromatic carbocycles. The zero-order chi connectivity index (χ0) is 18.4. The summed E-state index contributed by atoms with van der Waals surface area (Å²) in [6, 6.07) is 6.65. The number of ether oxygens (including phenoxy) is 1. The predicted octanol–water partition coefficient (Wildman–Crippen LogP) is 1.40. The van der Waals surface area contributed by atoms with E-state index in [0.29, 0.717) is 24.5 Å². The van der Waals surface area contributed by atoms with Crippen LogP contribution < -0.4 is 15.4 Å². The number of nitrogens with one attached hydrogen (secondary N) is 2. The van der Waals surface area contributed by atoms with E-state index >= 15 is 0 Å². The van der Waals surface area contributed by atoms with Crippen molar-refractivity contribution in [1.29, 1.82) is 0 Å². The number of carbonyl (C=O) groups is 3. The maximum atomic E-state index is 12.4. The lowest BCUT2D eigenvalue weighted by Gasteiger charge is -2.33. The molecular formula is C18H25N3O4. The SMILES string of the molecule is COc1ccc(NC(=O)C(=O)N2CCC[C@@H](NC(=O)C(C)C)C2)cc1. The highest BCUT2D eigenvalue weighted by Gasteiger charge is 2.28. The first-order chi connectivity index (χ1) is 11.9. The molecule has 25 heavy (non-hydrogen) atoms. The predicted molar refractivity (Wildman–Crippen MR) is 94.2 cm³/mol. The molecule has 1 atom stereocenters.